The molecule has 0 aliphatic carbocycles. The molecular weight excluding hydrogens is 450 g/mol. The highest BCUT2D eigenvalue weighted by Crippen LogP contribution is 2.28. The number of aryl methyl sites for hydroxylation is 2. The van der Waals surface area contributed by atoms with Crippen molar-refractivity contribution in [2.45, 2.75) is 58.4 Å². The number of aromatic nitrogens is 2. The lowest BCUT2D eigenvalue weighted by Gasteiger charge is -2.13. The quantitative estimate of drug-likeness (QED) is 0.151. The Bertz CT molecular complexity index is 1170. The monoisotopic (exact) mass is 489 g/mol. The molecule has 0 spiro atoms. The molecule has 192 valence electrons. The maximum Gasteiger partial charge on any atom is 0.246 e. The van der Waals surface area contributed by atoms with Crippen LogP contribution in [0.15, 0.2) is 67.3 Å². The Morgan fingerprint density at radius 3 is 2.69 bits per heavy atom. The normalized spacial score (nSPS) is 10.8. The zero-order valence-corrected chi connectivity index (χ0v) is 21.7. The number of unbranched alkanes of at least 4 members (excludes halogenated alkanes) is 3. The SMILES string of the molecule is C=CCc1ccc(OCCCCn2c(CCCCCNC(=O)C(=C)C)nc3ccccc32)c(OC)c1. The van der Waals surface area contributed by atoms with Gasteiger partial charge in [0.2, 0.25) is 5.91 Å². The molecule has 6 nitrogen and oxygen atoms in total. The van der Waals surface area contributed by atoms with Gasteiger partial charge in [-0.1, -0.05) is 37.3 Å². The standard InChI is InChI=1S/C30H39N3O3/c1-5-13-24-17-18-27(28(22-24)35-4)36-21-12-11-20-33-26-15-9-8-14-25(26)32-29(33)16-7-6-10-19-31-30(34)23(2)3/h5,8-9,14-15,17-18,22H,1-2,6-7,10-13,16,19-21H2,3-4H3,(H,31,34). The smallest absolute Gasteiger partial charge is 0.246 e. The van der Waals surface area contributed by atoms with Crippen LogP contribution in [0, 0.1) is 0 Å². The molecule has 1 heterocycles. The van der Waals surface area contributed by atoms with E-state index in [1.807, 2.05) is 24.3 Å². The van der Waals surface area contributed by atoms with Gasteiger partial charge in [0.15, 0.2) is 11.5 Å². The van der Waals surface area contributed by atoms with Crippen molar-refractivity contribution in [1.29, 1.82) is 0 Å². The molecule has 3 rings (SSSR count). The number of hydrogen-bond acceptors (Lipinski definition) is 4. The van der Waals surface area contributed by atoms with Gasteiger partial charge in [0, 0.05) is 25.1 Å². The molecule has 2 aromatic carbocycles. The molecule has 36 heavy (non-hydrogen) atoms. The second-order valence-electron chi connectivity index (χ2n) is 9.05. The van der Waals surface area contributed by atoms with Crippen molar-refractivity contribution in [1.82, 2.24) is 14.9 Å². The summed E-state index contributed by atoms with van der Waals surface area (Å²) in [6.07, 6.45) is 8.58. The number of methoxy groups -OCH3 is 1. The minimum Gasteiger partial charge on any atom is -0.493 e. The van der Waals surface area contributed by atoms with Crippen LogP contribution in [0.3, 0.4) is 0 Å². The summed E-state index contributed by atoms with van der Waals surface area (Å²) in [4.78, 5) is 16.5. The van der Waals surface area contributed by atoms with Crippen molar-refractivity contribution < 1.29 is 14.3 Å². The number of allylic oxidation sites excluding steroid dienone is 1. The summed E-state index contributed by atoms with van der Waals surface area (Å²) >= 11 is 0. The zero-order chi connectivity index (χ0) is 25.8. The molecular formula is C30H39N3O3. The van der Waals surface area contributed by atoms with E-state index < -0.39 is 0 Å². The largest absolute Gasteiger partial charge is 0.493 e. The fourth-order valence-corrected chi connectivity index (χ4v) is 4.18. The highest BCUT2D eigenvalue weighted by Gasteiger charge is 2.11. The van der Waals surface area contributed by atoms with Crippen LogP contribution in [0.4, 0.5) is 0 Å². The maximum atomic E-state index is 11.6. The fraction of sp³-hybridized carbons (Fsp3) is 0.400. The Labute approximate surface area is 215 Å². The molecule has 1 N–H and O–H groups in total. The summed E-state index contributed by atoms with van der Waals surface area (Å²) in [6, 6.07) is 14.4. The van der Waals surface area contributed by atoms with Crippen LogP contribution in [0.1, 0.15) is 50.4 Å². The molecule has 0 aliphatic rings. The van der Waals surface area contributed by atoms with E-state index in [1.165, 1.54) is 5.52 Å². The van der Waals surface area contributed by atoms with E-state index in [4.69, 9.17) is 14.5 Å². The molecule has 0 atom stereocenters. The van der Waals surface area contributed by atoms with E-state index in [2.05, 4.69) is 47.3 Å². The van der Waals surface area contributed by atoms with Crippen molar-refractivity contribution in [2.24, 2.45) is 0 Å². The Kier molecular flexibility index (Phi) is 10.6. The minimum absolute atomic E-state index is 0.0658. The Balaban J connectivity index is 1.49. The molecule has 0 saturated heterocycles. The first-order valence-corrected chi connectivity index (χ1v) is 12.8. The zero-order valence-electron chi connectivity index (χ0n) is 21.7. The van der Waals surface area contributed by atoms with Gasteiger partial charge in [-0.3, -0.25) is 4.79 Å². The van der Waals surface area contributed by atoms with Gasteiger partial charge < -0.3 is 19.4 Å². The molecule has 1 amide bonds. The molecule has 0 radical (unpaired) electrons. The van der Waals surface area contributed by atoms with E-state index in [9.17, 15) is 4.79 Å². The van der Waals surface area contributed by atoms with Crippen LogP contribution >= 0.6 is 0 Å². The molecule has 0 aliphatic heterocycles. The number of amides is 1. The fourth-order valence-electron chi connectivity index (χ4n) is 4.18. The first kappa shape index (κ1) is 27.1. The maximum absolute atomic E-state index is 11.6. The van der Waals surface area contributed by atoms with Crippen LogP contribution in [-0.4, -0.2) is 35.7 Å². The summed E-state index contributed by atoms with van der Waals surface area (Å²) < 4.78 is 13.9. The number of carbonyl (C=O) groups excluding carboxylic acids is 1. The average Bonchev–Trinajstić information content (AvgIpc) is 3.23. The van der Waals surface area contributed by atoms with E-state index >= 15 is 0 Å². The van der Waals surface area contributed by atoms with Crippen molar-refractivity contribution in [2.75, 3.05) is 20.3 Å². The summed E-state index contributed by atoms with van der Waals surface area (Å²) in [7, 11) is 1.67. The third-order valence-electron chi connectivity index (χ3n) is 6.13. The van der Waals surface area contributed by atoms with Crippen molar-refractivity contribution >= 4 is 16.9 Å². The topological polar surface area (TPSA) is 65.4 Å². The molecule has 1 aromatic heterocycles. The van der Waals surface area contributed by atoms with Gasteiger partial charge in [-0.15, -0.1) is 6.58 Å². The van der Waals surface area contributed by atoms with Gasteiger partial charge in [-0.25, -0.2) is 4.98 Å². The van der Waals surface area contributed by atoms with Gasteiger partial charge >= 0.3 is 0 Å². The Hall–Kier alpha value is -3.54. The van der Waals surface area contributed by atoms with Gasteiger partial charge in [-0.2, -0.15) is 0 Å². The summed E-state index contributed by atoms with van der Waals surface area (Å²) in [6.45, 7) is 11.4. The number of ether oxygens (including phenoxy) is 2. The number of imidazole rings is 1. The van der Waals surface area contributed by atoms with Gasteiger partial charge in [-0.05, 0) is 68.9 Å². The molecule has 0 unspecified atom stereocenters. The molecule has 0 saturated carbocycles. The van der Waals surface area contributed by atoms with Crippen LogP contribution in [0.25, 0.3) is 11.0 Å². The second-order valence-corrected chi connectivity index (χ2v) is 9.05. The van der Waals surface area contributed by atoms with Gasteiger partial charge in [0.1, 0.15) is 5.82 Å². The number of hydrogen-bond donors (Lipinski definition) is 1. The number of fused-ring (bicyclic) bond motifs is 1. The van der Waals surface area contributed by atoms with Crippen LogP contribution in [0.5, 0.6) is 11.5 Å². The number of nitrogens with zero attached hydrogens (tertiary/aromatic N) is 2. The van der Waals surface area contributed by atoms with Crippen molar-refractivity contribution in [3.05, 3.63) is 78.7 Å². The van der Waals surface area contributed by atoms with Gasteiger partial charge in [0.25, 0.3) is 0 Å². The lowest BCUT2D eigenvalue weighted by molar-refractivity contribution is -0.117. The van der Waals surface area contributed by atoms with Gasteiger partial charge in [0.05, 0.1) is 24.8 Å². The van der Waals surface area contributed by atoms with Crippen LogP contribution < -0.4 is 14.8 Å². The van der Waals surface area contributed by atoms with E-state index in [0.717, 1.165) is 79.9 Å². The number of nitrogens with one attached hydrogen (secondary N) is 1. The summed E-state index contributed by atoms with van der Waals surface area (Å²) in [5.74, 6) is 2.60. The Morgan fingerprint density at radius 1 is 1.08 bits per heavy atom. The number of carbonyl (C=O) groups is 1. The minimum atomic E-state index is -0.0658. The number of para-hydroxylation sites is 2. The van der Waals surface area contributed by atoms with Crippen molar-refractivity contribution in [3.63, 3.8) is 0 Å². The van der Waals surface area contributed by atoms with Crippen LogP contribution in [-0.2, 0) is 24.2 Å². The molecule has 0 fully saturated rings. The molecule has 6 heteroatoms. The first-order valence-electron chi connectivity index (χ1n) is 12.8. The Morgan fingerprint density at radius 2 is 1.92 bits per heavy atom. The van der Waals surface area contributed by atoms with E-state index in [-0.39, 0.29) is 5.91 Å². The summed E-state index contributed by atoms with van der Waals surface area (Å²) in [5.41, 5.74) is 3.93. The van der Waals surface area contributed by atoms with Crippen LogP contribution in [0.2, 0.25) is 0 Å². The lowest BCUT2D eigenvalue weighted by atomic mass is 10.1. The highest BCUT2D eigenvalue weighted by atomic mass is 16.5. The summed E-state index contributed by atoms with van der Waals surface area (Å²) in [5, 5.41) is 2.90. The van der Waals surface area contributed by atoms with E-state index in [0.29, 0.717) is 18.7 Å². The lowest BCUT2D eigenvalue weighted by Crippen LogP contribution is -2.24. The third-order valence-corrected chi connectivity index (χ3v) is 6.13. The average molecular weight is 490 g/mol. The predicted octanol–water partition coefficient (Wildman–Crippen LogP) is 6.04. The first-order chi connectivity index (χ1) is 17.5. The number of rotatable bonds is 16. The molecule has 0 bridgehead atoms. The third kappa shape index (κ3) is 7.74. The van der Waals surface area contributed by atoms with Crippen molar-refractivity contribution in [3.8, 4) is 11.5 Å². The predicted molar refractivity (Wildman–Crippen MR) is 147 cm³/mol. The highest BCUT2D eigenvalue weighted by molar-refractivity contribution is 5.92. The molecule has 3 aromatic rings. The van der Waals surface area contributed by atoms with E-state index in [1.54, 1.807) is 14.0 Å². The second kappa shape index (κ2) is 14.1. The number of benzene rings is 2.